The molecule has 3 atom stereocenters. The van der Waals surface area contributed by atoms with E-state index in [4.69, 9.17) is 0 Å². The molecular formula is C14H26N2O. The van der Waals surface area contributed by atoms with Gasteiger partial charge in [0.05, 0.1) is 5.92 Å². The van der Waals surface area contributed by atoms with Crippen molar-refractivity contribution in [3.63, 3.8) is 0 Å². The molecule has 3 unspecified atom stereocenters. The fraction of sp³-hybridized carbons (Fsp3) is 0.929. The molecule has 1 N–H and O–H groups in total. The highest BCUT2D eigenvalue weighted by atomic mass is 16.2. The van der Waals surface area contributed by atoms with Crippen LogP contribution in [0.3, 0.4) is 0 Å². The van der Waals surface area contributed by atoms with E-state index in [0.29, 0.717) is 17.9 Å². The summed E-state index contributed by atoms with van der Waals surface area (Å²) < 4.78 is 0. The van der Waals surface area contributed by atoms with Crippen molar-refractivity contribution in [1.29, 1.82) is 0 Å². The second kappa shape index (κ2) is 5.85. The third-order valence-electron chi connectivity index (χ3n) is 4.39. The standard InChI is InChI=1S/C14H26N2O/c1-3-5-13-11(2)6-4-9-16(13)14(17)12-7-8-15-10-12/h11-13,15H,3-10H2,1-2H3. The second-order valence-corrected chi connectivity index (χ2v) is 5.70. The van der Waals surface area contributed by atoms with Gasteiger partial charge in [-0.2, -0.15) is 0 Å². The quantitative estimate of drug-likeness (QED) is 0.816. The zero-order valence-corrected chi connectivity index (χ0v) is 11.2. The summed E-state index contributed by atoms with van der Waals surface area (Å²) in [5.74, 6) is 1.35. The topological polar surface area (TPSA) is 32.3 Å². The molecule has 0 spiro atoms. The van der Waals surface area contributed by atoms with E-state index in [1.165, 1.54) is 25.7 Å². The normalized spacial score (nSPS) is 34.0. The van der Waals surface area contributed by atoms with Gasteiger partial charge in [-0.3, -0.25) is 4.79 Å². The second-order valence-electron chi connectivity index (χ2n) is 5.70. The van der Waals surface area contributed by atoms with Crippen molar-refractivity contribution in [3.05, 3.63) is 0 Å². The number of hydrogen-bond donors (Lipinski definition) is 1. The first-order chi connectivity index (χ1) is 8.24. The minimum Gasteiger partial charge on any atom is -0.339 e. The summed E-state index contributed by atoms with van der Waals surface area (Å²) in [6.07, 6.45) is 5.86. The summed E-state index contributed by atoms with van der Waals surface area (Å²) in [7, 11) is 0. The summed E-state index contributed by atoms with van der Waals surface area (Å²) >= 11 is 0. The largest absolute Gasteiger partial charge is 0.339 e. The SMILES string of the molecule is CCCC1C(C)CCCN1C(=O)C1CCNC1. The van der Waals surface area contributed by atoms with E-state index in [9.17, 15) is 4.79 Å². The smallest absolute Gasteiger partial charge is 0.227 e. The number of likely N-dealkylation sites (tertiary alicyclic amines) is 1. The van der Waals surface area contributed by atoms with Crippen LogP contribution in [0.2, 0.25) is 0 Å². The number of carbonyl (C=O) groups is 1. The zero-order chi connectivity index (χ0) is 12.3. The van der Waals surface area contributed by atoms with Gasteiger partial charge in [0.25, 0.3) is 0 Å². The van der Waals surface area contributed by atoms with Crippen LogP contribution >= 0.6 is 0 Å². The monoisotopic (exact) mass is 238 g/mol. The van der Waals surface area contributed by atoms with Gasteiger partial charge in [0.15, 0.2) is 0 Å². The van der Waals surface area contributed by atoms with Crippen LogP contribution in [0.15, 0.2) is 0 Å². The van der Waals surface area contributed by atoms with Crippen molar-refractivity contribution in [1.82, 2.24) is 10.2 Å². The summed E-state index contributed by atoms with van der Waals surface area (Å²) in [6.45, 7) is 7.43. The Bertz CT molecular complexity index is 261. The molecule has 17 heavy (non-hydrogen) atoms. The van der Waals surface area contributed by atoms with Gasteiger partial charge in [-0.25, -0.2) is 0 Å². The molecule has 0 aliphatic carbocycles. The van der Waals surface area contributed by atoms with Crippen molar-refractivity contribution in [3.8, 4) is 0 Å². The van der Waals surface area contributed by atoms with Crippen LogP contribution in [0.1, 0.15) is 46.0 Å². The van der Waals surface area contributed by atoms with Gasteiger partial charge in [-0.1, -0.05) is 20.3 Å². The molecule has 2 aliphatic heterocycles. The number of nitrogens with one attached hydrogen (secondary N) is 1. The molecule has 3 heteroatoms. The highest BCUT2D eigenvalue weighted by molar-refractivity contribution is 5.79. The minimum absolute atomic E-state index is 0.250. The van der Waals surface area contributed by atoms with Crippen molar-refractivity contribution >= 4 is 5.91 Å². The number of rotatable bonds is 3. The number of carbonyl (C=O) groups excluding carboxylic acids is 1. The molecule has 2 rings (SSSR count). The van der Waals surface area contributed by atoms with Gasteiger partial charge < -0.3 is 10.2 Å². The number of nitrogens with zero attached hydrogens (tertiary/aromatic N) is 1. The Morgan fingerprint density at radius 1 is 1.41 bits per heavy atom. The van der Waals surface area contributed by atoms with Gasteiger partial charge in [-0.15, -0.1) is 0 Å². The van der Waals surface area contributed by atoms with Gasteiger partial charge in [0.2, 0.25) is 5.91 Å². The fourth-order valence-corrected chi connectivity index (χ4v) is 3.36. The Kier molecular flexibility index (Phi) is 4.43. The molecule has 2 fully saturated rings. The maximum absolute atomic E-state index is 12.5. The predicted octanol–water partition coefficient (Wildman–Crippen LogP) is 2.02. The van der Waals surface area contributed by atoms with Gasteiger partial charge in [0.1, 0.15) is 0 Å². The first kappa shape index (κ1) is 12.9. The number of amides is 1. The Morgan fingerprint density at radius 2 is 2.24 bits per heavy atom. The van der Waals surface area contributed by atoms with Crippen LogP contribution in [0.4, 0.5) is 0 Å². The Labute approximate surface area is 105 Å². The van der Waals surface area contributed by atoms with Crippen molar-refractivity contribution in [2.24, 2.45) is 11.8 Å². The molecule has 2 heterocycles. The summed E-state index contributed by atoms with van der Waals surface area (Å²) in [5, 5.41) is 3.30. The third kappa shape index (κ3) is 2.82. The zero-order valence-electron chi connectivity index (χ0n) is 11.2. The average Bonchev–Trinajstić information content (AvgIpc) is 2.85. The van der Waals surface area contributed by atoms with Crippen molar-refractivity contribution < 1.29 is 4.79 Å². The van der Waals surface area contributed by atoms with Gasteiger partial charge in [-0.05, 0) is 38.1 Å². The molecule has 2 aliphatic rings. The molecule has 3 nitrogen and oxygen atoms in total. The van der Waals surface area contributed by atoms with Crippen LogP contribution in [0.25, 0.3) is 0 Å². The lowest BCUT2D eigenvalue weighted by molar-refractivity contribution is -0.140. The van der Waals surface area contributed by atoms with E-state index in [-0.39, 0.29) is 5.92 Å². The van der Waals surface area contributed by atoms with Gasteiger partial charge in [0, 0.05) is 19.1 Å². The van der Waals surface area contributed by atoms with Crippen LogP contribution < -0.4 is 5.32 Å². The number of piperidine rings is 1. The van der Waals surface area contributed by atoms with E-state index >= 15 is 0 Å². The predicted molar refractivity (Wildman–Crippen MR) is 69.8 cm³/mol. The highest BCUT2D eigenvalue weighted by Crippen LogP contribution is 2.28. The first-order valence-electron chi connectivity index (χ1n) is 7.25. The highest BCUT2D eigenvalue weighted by Gasteiger charge is 2.35. The minimum atomic E-state index is 0.250. The maximum atomic E-state index is 12.5. The van der Waals surface area contributed by atoms with Crippen LogP contribution in [-0.2, 0) is 4.79 Å². The van der Waals surface area contributed by atoms with Crippen molar-refractivity contribution in [2.75, 3.05) is 19.6 Å². The van der Waals surface area contributed by atoms with Crippen LogP contribution in [0, 0.1) is 11.8 Å². The van der Waals surface area contributed by atoms with Crippen LogP contribution in [-0.4, -0.2) is 36.5 Å². The van der Waals surface area contributed by atoms with Gasteiger partial charge >= 0.3 is 0 Å². The summed E-state index contributed by atoms with van der Waals surface area (Å²) in [6, 6.07) is 0.502. The third-order valence-corrected chi connectivity index (χ3v) is 4.39. The first-order valence-corrected chi connectivity index (χ1v) is 7.25. The van der Waals surface area contributed by atoms with E-state index in [1.54, 1.807) is 0 Å². The summed E-state index contributed by atoms with van der Waals surface area (Å²) in [5.41, 5.74) is 0. The molecule has 2 saturated heterocycles. The molecular weight excluding hydrogens is 212 g/mol. The molecule has 0 radical (unpaired) electrons. The lowest BCUT2D eigenvalue weighted by atomic mass is 9.87. The lowest BCUT2D eigenvalue weighted by Gasteiger charge is -2.41. The summed E-state index contributed by atoms with van der Waals surface area (Å²) in [4.78, 5) is 14.7. The molecule has 0 aromatic carbocycles. The number of hydrogen-bond acceptors (Lipinski definition) is 2. The van der Waals surface area contributed by atoms with E-state index in [2.05, 4.69) is 24.1 Å². The lowest BCUT2D eigenvalue weighted by Crippen LogP contribution is -2.50. The van der Waals surface area contributed by atoms with Crippen molar-refractivity contribution in [2.45, 2.75) is 52.0 Å². The molecule has 1 amide bonds. The van der Waals surface area contributed by atoms with E-state index < -0.39 is 0 Å². The Hall–Kier alpha value is -0.570. The Morgan fingerprint density at radius 3 is 2.88 bits per heavy atom. The molecule has 0 aromatic rings. The maximum Gasteiger partial charge on any atom is 0.227 e. The average molecular weight is 238 g/mol. The molecule has 98 valence electrons. The van der Waals surface area contributed by atoms with E-state index in [0.717, 1.165) is 26.1 Å². The fourth-order valence-electron chi connectivity index (χ4n) is 3.36. The molecule has 0 aromatic heterocycles. The van der Waals surface area contributed by atoms with Crippen LogP contribution in [0.5, 0.6) is 0 Å². The molecule has 0 saturated carbocycles. The Balaban J connectivity index is 2.02. The molecule has 0 bridgehead atoms. The van der Waals surface area contributed by atoms with E-state index in [1.807, 2.05) is 0 Å².